The number of carbonyl (C=O) groups is 2. The predicted molar refractivity (Wildman–Crippen MR) is 137 cm³/mol. The zero-order chi connectivity index (χ0) is 25.7. The molecule has 0 radical (unpaired) electrons. The van der Waals surface area contributed by atoms with E-state index in [0.717, 1.165) is 37.8 Å². The molecule has 2 N–H and O–H groups in total. The number of halogens is 3. The van der Waals surface area contributed by atoms with E-state index < -0.39 is 17.8 Å². The lowest BCUT2D eigenvalue weighted by molar-refractivity contribution is -0.142. The van der Waals surface area contributed by atoms with Crippen LogP contribution >= 0.6 is 23.6 Å². The number of anilines is 2. The zero-order valence-electron chi connectivity index (χ0n) is 19.6. The highest BCUT2D eigenvalue weighted by Gasteiger charge is 2.36. The summed E-state index contributed by atoms with van der Waals surface area (Å²) in [5.41, 5.74) is -0.587. The topological polar surface area (TPSA) is 77.6 Å². The van der Waals surface area contributed by atoms with Crippen LogP contribution in [-0.4, -0.2) is 57.4 Å². The molecule has 2 aliphatic rings. The fourth-order valence-corrected chi connectivity index (χ4v) is 5.56. The van der Waals surface area contributed by atoms with Gasteiger partial charge in [-0.15, -0.1) is 11.3 Å². The molecular formula is C24H28F3N5O2S2. The molecule has 2 fully saturated rings. The molecule has 7 nitrogen and oxygen atoms in total. The highest BCUT2D eigenvalue weighted by Crippen LogP contribution is 2.31. The van der Waals surface area contributed by atoms with Crippen molar-refractivity contribution in [2.24, 2.45) is 5.92 Å². The predicted octanol–water partition coefficient (Wildman–Crippen LogP) is 4.98. The number of piperazine rings is 1. The number of alkyl halides is 3. The third-order valence-electron chi connectivity index (χ3n) is 6.61. The maximum Gasteiger partial charge on any atom is 0.416 e. The third kappa shape index (κ3) is 6.73. The number of amides is 2. The minimum absolute atomic E-state index is 0.0590. The van der Waals surface area contributed by atoms with Crippen molar-refractivity contribution in [1.82, 2.24) is 14.8 Å². The minimum atomic E-state index is -4.46. The van der Waals surface area contributed by atoms with Crippen LogP contribution in [0.25, 0.3) is 0 Å². The normalized spacial score (nSPS) is 18.1. The molecule has 4 rings (SSSR count). The zero-order valence-corrected chi connectivity index (χ0v) is 21.2. The second-order valence-electron chi connectivity index (χ2n) is 9.10. The summed E-state index contributed by atoms with van der Waals surface area (Å²) >= 11 is 6.71. The summed E-state index contributed by atoms with van der Waals surface area (Å²) in [6.07, 6.45) is 3.27. The third-order valence-corrected chi connectivity index (χ3v) is 7.66. The van der Waals surface area contributed by atoms with E-state index in [4.69, 9.17) is 12.2 Å². The fraction of sp³-hybridized carbons (Fsp3) is 0.500. The number of aromatic nitrogens is 1. The van der Waals surface area contributed by atoms with Crippen LogP contribution in [0.3, 0.4) is 0 Å². The Balaban J connectivity index is 1.41. The van der Waals surface area contributed by atoms with Crippen LogP contribution in [0.2, 0.25) is 0 Å². The van der Waals surface area contributed by atoms with E-state index in [1.807, 2.05) is 0 Å². The highest BCUT2D eigenvalue weighted by atomic mass is 32.1. The van der Waals surface area contributed by atoms with Crippen molar-refractivity contribution in [1.29, 1.82) is 0 Å². The molecule has 1 aliphatic heterocycles. The average molecular weight is 540 g/mol. The monoisotopic (exact) mass is 539 g/mol. The van der Waals surface area contributed by atoms with E-state index in [0.29, 0.717) is 24.0 Å². The van der Waals surface area contributed by atoms with Gasteiger partial charge in [-0.1, -0.05) is 38.2 Å². The van der Waals surface area contributed by atoms with Crippen molar-refractivity contribution in [3.63, 3.8) is 0 Å². The van der Waals surface area contributed by atoms with Gasteiger partial charge < -0.3 is 20.4 Å². The Bertz CT molecular complexity index is 1070. The van der Waals surface area contributed by atoms with Crippen molar-refractivity contribution in [2.75, 3.05) is 30.3 Å². The summed E-state index contributed by atoms with van der Waals surface area (Å²) in [5, 5.41) is 8.08. The van der Waals surface area contributed by atoms with E-state index in [-0.39, 0.29) is 35.7 Å². The van der Waals surface area contributed by atoms with Gasteiger partial charge >= 0.3 is 6.18 Å². The molecule has 2 aromatic rings. The number of hydrogen-bond donors (Lipinski definition) is 2. The standard InChI is InChI=1S/C24H28F3N5O2S2/c25-24(26,27)17-7-4-8-18(14-17)29-23(35)31-10-11-32(20(33)15-31)19(13-16-5-2-1-3-6-16)21(34)30-22-28-9-12-36-22/h4,7-9,12,14,16,19H,1-3,5-6,10-11,13,15H2,(H,29,35)(H,28,30,34). The van der Waals surface area contributed by atoms with Gasteiger partial charge in [0.25, 0.3) is 0 Å². The maximum absolute atomic E-state index is 13.2. The summed E-state index contributed by atoms with van der Waals surface area (Å²) < 4.78 is 39.1. The van der Waals surface area contributed by atoms with Gasteiger partial charge in [0.1, 0.15) is 6.04 Å². The number of rotatable bonds is 6. The van der Waals surface area contributed by atoms with Crippen LogP contribution in [0.5, 0.6) is 0 Å². The second-order valence-corrected chi connectivity index (χ2v) is 10.4. The first-order chi connectivity index (χ1) is 17.2. The highest BCUT2D eigenvalue weighted by molar-refractivity contribution is 7.80. The van der Waals surface area contributed by atoms with E-state index in [9.17, 15) is 22.8 Å². The molecule has 0 bridgehead atoms. The molecule has 1 saturated heterocycles. The lowest BCUT2D eigenvalue weighted by Crippen LogP contribution is -2.59. The minimum Gasteiger partial charge on any atom is -0.338 e. The molecule has 0 spiro atoms. The second kappa shape index (κ2) is 11.5. The van der Waals surface area contributed by atoms with Crippen molar-refractivity contribution in [3.8, 4) is 0 Å². The summed E-state index contributed by atoms with van der Waals surface area (Å²) in [6.45, 7) is 0.588. The van der Waals surface area contributed by atoms with Crippen molar-refractivity contribution in [2.45, 2.75) is 50.7 Å². The number of hydrogen-bond acceptors (Lipinski definition) is 5. The maximum atomic E-state index is 13.2. The molecule has 2 heterocycles. The van der Waals surface area contributed by atoms with Gasteiger partial charge in [-0.05, 0) is 42.8 Å². The van der Waals surface area contributed by atoms with Crippen LogP contribution in [0.15, 0.2) is 35.8 Å². The molecule has 36 heavy (non-hydrogen) atoms. The van der Waals surface area contributed by atoms with Gasteiger partial charge in [-0.2, -0.15) is 13.2 Å². The van der Waals surface area contributed by atoms with Crippen molar-refractivity contribution in [3.05, 3.63) is 41.4 Å². The van der Waals surface area contributed by atoms with Gasteiger partial charge in [0.05, 0.1) is 12.1 Å². The van der Waals surface area contributed by atoms with E-state index in [2.05, 4.69) is 15.6 Å². The van der Waals surface area contributed by atoms with Gasteiger partial charge in [-0.25, -0.2) is 4.98 Å². The molecule has 194 valence electrons. The molecule has 12 heteroatoms. The summed E-state index contributed by atoms with van der Waals surface area (Å²) in [5.74, 6) is -0.119. The smallest absolute Gasteiger partial charge is 0.338 e. The summed E-state index contributed by atoms with van der Waals surface area (Å²) in [4.78, 5) is 33.8. The number of carbonyl (C=O) groups excluding carboxylic acids is 2. The fourth-order valence-electron chi connectivity index (χ4n) is 4.75. The van der Waals surface area contributed by atoms with Crippen LogP contribution in [-0.2, 0) is 15.8 Å². The SMILES string of the molecule is O=C(Nc1nccs1)C(CC1CCCCC1)N1CCN(C(=S)Nc2cccc(C(F)(F)F)c2)CC1=O. The molecule has 2 amide bonds. The van der Waals surface area contributed by atoms with E-state index in [1.54, 1.807) is 21.4 Å². The molecule has 1 saturated carbocycles. The Morgan fingerprint density at radius 3 is 2.64 bits per heavy atom. The van der Waals surface area contributed by atoms with Crippen LogP contribution < -0.4 is 10.6 Å². The van der Waals surface area contributed by atoms with Gasteiger partial charge in [-0.3, -0.25) is 9.59 Å². The summed E-state index contributed by atoms with van der Waals surface area (Å²) in [7, 11) is 0. The lowest BCUT2D eigenvalue weighted by Gasteiger charge is -2.40. The van der Waals surface area contributed by atoms with E-state index in [1.165, 1.54) is 29.9 Å². The van der Waals surface area contributed by atoms with Crippen molar-refractivity contribution < 1.29 is 22.8 Å². The van der Waals surface area contributed by atoms with Gasteiger partial charge in [0, 0.05) is 30.4 Å². The number of nitrogens with zero attached hydrogens (tertiary/aromatic N) is 3. The van der Waals surface area contributed by atoms with Gasteiger partial charge in [0.15, 0.2) is 10.2 Å². The number of nitrogens with one attached hydrogen (secondary N) is 2. The van der Waals surface area contributed by atoms with Crippen LogP contribution in [0, 0.1) is 5.92 Å². The Morgan fingerprint density at radius 2 is 1.97 bits per heavy atom. The Kier molecular flexibility index (Phi) is 8.45. The first-order valence-electron chi connectivity index (χ1n) is 11.9. The molecule has 1 aromatic heterocycles. The number of thiocarbonyl (C=S) groups is 1. The Hall–Kier alpha value is -2.73. The Morgan fingerprint density at radius 1 is 1.19 bits per heavy atom. The average Bonchev–Trinajstić information content (AvgIpc) is 3.36. The molecule has 1 aromatic carbocycles. The summed E-state index contributed by atoms with van der Waals surface area (Å²) in [6, 6.07) is 4.14. The molecular weight excluding hydrogens is 511 g/mol. The Labute approximate surface area is 217 Å². The van der Waals surface area contributed by atoms with E-state index >= 15 is 0 Å². The van der Waals surface area contributed by atoms with Crippen LogP contribution in [0.1, 0.15) is 44.1 Å². The largest absolute Gasteiger partial charge is 0.416 e. The van der Waals surface area contributed by atoms with Crippen molar-refractivity contribution >= 4 is 51.3 Å². The molecule has 1 unspecified atom stereocenters. The first-order valence-corrected chi connectivity index (χ1v) is 13.2. The lowest BCUT2D eigenvalue weighted by atomic mass is 9.84. The van der Waals surface area contributed by atoms with Crippen LogP contribution in [0.4, 0.5) is 24.0 Å². The van der Waals surface area contributed by atoms with Gasteiger partial charge in [0.2, 0.25) is 11.8 Å². The molecule has 1 atom stereocenters. The quantitative estimate of drug-likeness (QED) is 0.505. The number of thiazole rings is 1. The molecule has 1 aliphatic carbocycles. The first kappa shape index (κ1) is 26.3. The number of benzene rings is 1.